The molecule has 1 saturated heterocycles. The van der Waals surface area contributed by atoms with E-state index in [0.29, 0.717) is 23.8 Å². The highest BCUT2D eigenvalue weighted by Gasteiger charge is 2.21. The van der Waals surface area contributed by atoms with Crippen LogP contribution >= 0.6 is 0 Å². The van der Waals surface area contributed by atoms with Crippen LogP contribution in [0.25, 0.3) is 0 Å². The number of rotatable bonds is 7. The largest absolute Gasteiger partial charge is 0.494 e. The van der Waals surface area contributed by atoms with Crippen molar-refractivity contribution in [1.82, 2.24) is 5.32 Å². The molecular formula is C17H26FNO2. The Labute approximate surface area is 126 Å². The van der Waals surface area contributed by atoms with Gasteiger partial charge in [0.05, 0.1) is 13.2 Å². The zero-order valence-corrected chi connectivity index (χ0v) is 13.0. The normalized spacial score (nSPS) is 20.2. The SMILES string of the molecule is CCNC(Cc1cccc(OC)c1F)CC1CCCCO1. The van der Waals surface area contributed by atoms with E-state index in [1.807, 2.05) is 12.1 Å². The summed E-state index contributed by atoms with van der Waals surface area (Å²) in [6.07, 6.45) is 5.41. The molecule has 1 fully saturated rings. The van der Waals surface area contributed by atoms with Crippen LogP contribution in [0.2, 0.25) is 0 Å². The predicted molar refractivity (Wildman–Crippen MR) is 82.3 cm³/mol. The second kappa shape index (κ2) is 8.35. The summed E-state index contributed by atoms with van der Waals surface area (Å²) < 4.78 is 25.1. The Bertz CT molecular complexity index is 433. The topological polar surface area (TPSA) is 30.5 Å². The Kier molecular flexibility index (Phi) is 6.46. The second-order valence-corrected chi connectivity index (χ2v) is 5.62. The number of hydrogen-bond acceptors (Lipinski definition) is 3. The smallest absolute Gasteiger partial charge is 0.168 e. The third-order valence-electron chi connectivity index (χ3n) is 4.04. The van der Waals surface area contributed by atoms with Crippen molar-refractivity contribution < 1.29 is 13.9 Å². The number of halogens is 1. The number of methoxy groups -OCH3 is 1. The molecule has 1 aromatic carbocycles. The monoisotopic (exact) mass is 295 g/mol. The van der Waals surface area contributed by atoms with E-state index in [0.717, 1.165) is 32.4 Å². The van der Waals surface area contributed by atoms with Crippen LogP contribution in [-0.4, -0.2) is 32.4 Å². The molecule has 0 saturated carbocycles. The van der Waals surface area contributed by atoms with E-state index in [4.69, 9.17) is 9.47 Å². The van der Waals surface area contributed by atoms with Crippen molar-refractivity contribution in [3.63, 3.8) is 0 Å². The van der Waals surface area contributed by atoms with E-state index in [9.17, 15) is 4.39 Å². The molecule has 0 aliphatic carbocycles. The molecule has 0 spiro atoms. The Morgan fingerprint density at radius 3 is 2.95 bits per heavy atom. The van der Waals surface area contributed by atoms with E-state index in [1.54, 1.807) is 6.07 Å². The number of nitrogens with one attached hydrogen (secondary N) is 1. The second-order valence-electron chi connectivity index (χ2n) is 5.62. The first-order valence-corrected chi connectivity index (χ1v) is 7.91. The maximum absolute atomic E-state index is 14.3. The van der Waals surface area contributed by atoms with Gasteiger partial charge in [-0.2, -0.15) is 0 Å². The molecule has 2 atom stereocenters. The molecule has 1 aromatic rings. The van der Waals surface area contributed by atoms with Crippen molar-refractivity contribution in [3.8, 4) is 5.75 Å². The van der Waals surface area contributed by atoms with Crippen LogP contribution in [0.1, 0.15) is 38.2 Å². The Hall–Kier alpha value is -1.13. The highest BCUT2D eigenvalue weighted by Crippen LogP contribution is 2.23. The van der Waals surface area contributed by atoms with Gasteiger partial charge in [-0.3, -0.25) is 0 Å². The highest BCUT2D eigenvalue weighted by molar-refractivity contribution is 5.31. The lowest BCUT2D eigenvalue weighted by molar-refractivity contribution is 0.00530. The molecule has 1 heterocycles. The average Bonchev–Trinajstić information content (AvgIpc) is 2.50. The van der Waals surface area contributed by atoms with Gasteiger partial charge in [-0.1, -0.05) is 19.1 Å². The molecule has 21 heavy (non-hydrogen) atoms. The number of benzene rings is 1. The first-order chi connectivity index (χ1) is 10.2. The van der Waals surface area contributed by atoms with Crippen molar-refractivity contribution in [2.75, 3.05) is 20.3 Å². The molecule has 0 bridgehead atoms. The van der Waals surface area contributed by atoms with Gasteiger partial charge in [0.15, 0.2) is 11.6 Å². The summed E-state index contributed by atoms with van der Waals surface area (Å²) in [5.41, 5.74) is 0.705. The molecule has 2 rings (SSSR count). The van der Waals surface area contributed by atoms with Crippen molar-refractivity contribution >= 4 is 0 Å². The third-order valence-corrected chi connectivity index (χ3v) is 4.04. The van der Waals surface area contributed by atoms with Gasteiger partial charge < -0.3 is 14.8 Å². The van der Waals surface area contributed by atoms with Gasteiger partial charge in [0.25, 0.3) is 0 Å². The molecule has 0 radical (unpaired) electrons. The summed E-state index contributed by atoms with van der Waals surface area (Å²) in [7, 11) is 1.50. The minimum absolute atomic E-state index is 0.236. The number of likely N-dealkylation sites (N-methyl/N-ethyl adjacent to an activating group) is 1. The van der Waals surface area contributed by atoms with Crippen LogP contribution in [0.3, 0.4) is 0 Å². The zero-order chi connectivity index (χ0) is 15.1. The standard InChI is InChI=1S/C17H26FNO2/c1-3-19-14(12-15-8-4-5-10-21-15)11-13-7-6-9-16(20-2)17(13)18/h6-7,9,14-15,19H,3-5,8,10-12H2,1-2H3. The maximum Gasteiger partial charge on any atom is 0.168 e. The average molecular weight is 295 g/mol. The van der Waals surface area contributed by atoms with Crippen molar-refractivity contribution in [3.05, 3.63) is 29.6 Å². The number of hydrogen-bond donors (Lipinski definition) is 1. The minimum Gasteiger partial charge on any atom is -0.494 e. The maximum atomic E-state index is 14.3. The van der Waals surface area contributed by atoms with Crippen molar-refractivity contribution in [2.45, 2.75) is 51.2 Å². The van der Waals surface area contributed by atoms with Crippen LogP contribution in [-0.2, 0) is 11.2 Å². The van der Waals surface area contributed by atoms with Gasteiger partial charge in [-0.15, -0.1) is 0 Å². The molecule has 4 heteroatoms. The Morgan fingerprint density at radius 2 is 2.29 bits per heavy atom. The molecule has 0 amide bonds. The summed E-state index contributed by atoms with van der Waals surface area (Å²) in [6, 6.07) is 5.58. The van der Waals surface area contributed by atoms with E-state index in [-0.39, 0.29) is 11.9 Å². The molecule has 3 nitrogen and oxygen atoms in total. The van der Waals surface area contributed by atoms with Gasteiger partial charge in [0.1, 0.15) is 0 Å². The van der Waals surface area contributed by atoms with Gasteiger partial charge in [-0.25, -0.2) is 4.39 Å². The Morgan fingerprint density at radius 1 is 1.43 bits per heavy atom. The molecule has 1 aliphatic heterocycles. The zero-order valence-electron chi connectivity index (χ0n) is 13.0. The fourth-order valence-electron chi connectivity index (χ4n) is 2.98. The number of ether oxygens (including phenoxy) is 2. The van der Waals surface area contributed by atoms with Gasteiger partial charge in [0, 0.05) is 12.6 Å². The highest BCUT2D eigenvalue weighted by atomic mass is 19.1. The lowest BCUT2D eigenvalue weighted by Gasteiger charge is -2.27. The first kappa shape index (κ1) is 16.2. The summed E-state index contributed by atoms with van der Waals surface area (Å²) in [4.78, 5) is 0. The van der Waals surface area contributed by atoms with Gasteiger partial charge in [-0.05, 0) is 50.3 Å². The first-order valence-electron chi connectivity index (χ1n) is 7.91. The third kappa shape index (κ3) is 4.68. The lowest BCUT2D eigenvalue weighted by Crippen LogP contribution is -2.36. The van der Waals surface area contributed by atoms with E-state index in [1.165, 1.54) is 13.5 Å². The molecule has 0 aromatic heterocycles. The predicted octanol–water partition coefficient (Wildman–Crippen LogP) is 3.31. The summed E-state index contributed by atoms with van der Waals surface area (Å²) in [6.45, 7) is 3.82. The van der Waals surface area contributed by atoms with E-state index < -0.39 is 0 Å². The van der Waals surface area contributed by atoms with Crippen molar-refractivity contribution in [1.29, 1.82) is 0 Å². The van der Waals surface area contributed by atoms with Gasteiger partial charge in [0.2, 0.25) is 0 Å². The van der Waals surface area contributed by atoms with Crippen LogP contribution < -0.4 is 10.1 Å². The summed E-state index contributed by atoms with van der Waals surface area (Å²) >= 11 is 0. The summed E-state index contributed by atoms with van der Waals surface area (Å²) in [5, 5.41) is 3.46. The van der Waals surface area contributed by atoms with Crippen LogP contribution in [0.4, 0.5) is 4.39 Å². The van der Waals surface area contributed by atoms with Gasteiger partial charge >= 0.3 is 0 Å². The summed E-state index contributed by atoms with van der Waals surface area (Å²) in [5.74, 6) is 0.0733. The van der Waals surface area contributed by atoms with Crippen LogP contribution in [0.5, 0.6) is 5.75 Å². The van der Waals surface area contributed by atoms with E-state index in [2.05, 4.69) is 12.2 Å². The molecule has 2 unspecified atom stereocenters. The van der Waals surface area contributed by atoms with Crippen LogP contribution in [0.15, 0.2) is 18.2 Å². The van der Waals surface area contributed by atoms with Crippen molar-refractivity contribution in [2.24, 2.45) is 0 Å². The fourth-order valence-corrected chi connectivity index (χ4v) is 2.98. The quantitative estimate of drug-likeness (QED) is 0.837. The fraction of sp³-hybridized carbons (Fsp3) is 0.647. The lowest BCUT2D eigenvalue weighted by atomic mass is 9.96. The van der Waals surface area contributed by atoms with Crippen LogP contribution in [0, 0.1) is 5.82 Å². The molecular weight excluding hydrogens is 269 g/mol. The Balaban J connectivity index is 2.01. The molecule has 118 valence electrons. The molecule has 1 aliphatic rings. The van der Waals surface area contributed by atoms with E-state index >= 15 is 0 Å². The molecule has 1 N–H and O–H groups in total. The minimum atomic E-state index is -0.243.